The number of carbonyl (C=O) groups excluding carboxylic acids is 1. The van der Waals surface area contributed by atoms with Gasteiger partial charge in [0.25, 0.3) is 0 Å². The minimum absolute atomic E-state index is 0.0922. The zero-order chi connectivity index (χ0) is 7.82. The van der Waals surface area contributed by atoms with Crippen LogP contribution < -0.4 is 10.2 Å². The number of nitrogens with one attached hydrogen (secondary N) is 2. The summed E-state index contributed by atoms with van der Waals surface area (Å²) in [7, 11) is 0. The largest absolute Gasteiger partial charge is 0.356 e. The van der Waals surface area contributed by atoms with E-state index in [9.17, 15) is 4.79 Å². The van der Waals surface area contributed by atoms with Gasteiger partial charge in [-0.2, -0.15) is 0 Å². The van der Waals surface area contributed by atoms with Crippen LogP contribution in [-0.2, 0) is 4.79 Å². The molecule has 0 fully saturated rings. The number of amides is 1. The number of hydrogen-bond acceptors (Lipinski definition) is 2. The van der Waals surface area contributed by atoms with E-state index in [1.54, 1.807) is 0 Å². The van der Waals surface area contributed by atoms with Crippen molar-refractivity contribution in [3.63, 3.8) is 0 Å². The van der Waals surface area contributed by atoms with E-state index in [0.717, 1.165) is 13.0 Å². The molecule has 0 aromatic carbocycles. The molecule has 0 bridgehead atoms. The number of carbonyl (C=O) groups is 1. The Balaban J connectivity index is 2.96. The lowest BCUT2D eigenvalue weighted by Gasteiger charge is -2.00. The lowest BCUT2D eigenvalue weighted by atomic mass is 10.4. The Kier molecular flexibility index (Phi) is 6.64. The third-order valence-electron chi connectivity index (χ3n) is 1.09. The van der Waals surface area contributed by atoms with Gasteiger partial charge in [-0.25, -0.2) is 4.84 Å². The van der Waals surface area contributed by atoms with Gasteiger partial charge in [-0.1, -0.05) is 6.92 Å². The fourth-order valence-electron chi connectivity index (χ4n) is 0.508. The maximum absolute atomic E-state index is 10.6. The molecule has 0 aliphatic rings. The molecule has 2 N–H and O–H groups in total. The Labute approximate surface area is 66.2 Å². The smallest absolute Gasteiger partial charge is 0.219 e. The molecule has 0 unspecified atom stereocenters. The molecule has 0 aliphatic carbocycles. The van der Waals surface area contributed by atoms with Gasteiger partial charge in [-0.15, -0.1) is 0 Å². The van der Waals surface area contributed by atoms with Crippen molar-refractivity contribution in [2.75, 3.05) is 13.1 Å². The van der Waals surface area contributed by atoms with Gasteiger partial charge in [0, 0.05) is 19.5 Å². The van der Waals surface area contributed by atoms with Gasteiger partial charge in [-0.3, -0.25) is 4.79 Å². The van der Waals surface area contributed by atoms with Crippen molar-refractivity contribution in [1.29, 1.82) is 0 Å². The van der Waals surface area contributed by atoms with E-state index in [2.05, 4.69) is 10.2 Å². The average Bonchev–Trinajstić information content (AvgIpc) is 1.98. The molecular weight excluding hydrogens is 152 g/mol. The summed E-state index contributed by atoms with van der Waals surface area (Å²) in [5.41, 5.74) is 0. The molecule has 0 radical (unpaired) electrons. The monoisotopic (exact) mass is 164 g/mol. The van der Waals surface area contributed by atoms with E-state index in [-0.39, 0.29) is 5.91 Å². The highest BCUT2D eigenvalue weighted by Gasteiger charge is 1.93. The van der Waals surface area contributed by atoms with E-state index in [0.29, 0.717) is 13.0 Å². The average molecular weight is 165 g/mol. The highest BCUT2D eigenvalue weighted by Crippen LogP contribution is 1.77. The zero-order valence-corrected chi connectivity index (χ0v) is 6.87. The first-order valence-electron chi connectivity index (χ1n) is 3.41. The van der Waals surface area contributed by atoms with Crippen LogP contribution in [0.2, 0.25) is 0 Å². The lowest BCUT2D eigenvalue weighted by molar-refractivity contribution is -0.120. The highest BCUT2D eigenvalue weighted by molar-refractivity contribution is 6.13. The van der Waals surface area contributed by atoms with E-state index in [1.165, 1.54) is 0 Å². The van der Waals surface area contributed by atoms with Gasteiger partial charge in [0.2, 0.25) is 5.91 Å². The zero-order valence-electron chi connectivity index (χ0n) is 6.11. The van der Waals surface area contributed by atoms with Gasteiger partial charge in [0.05, 0.1) is 0 Å². The van der Waals surface area contributed by atoms with Crippen LogP contribution in [0.3, 0.4) is 0 Å². The molecule has 3 nitrogen and oxygen atoms in total. The molecule has 0 aromatic heterocycles. The van der Waals surface area contributed by atoms with Crippen molar-refractivity contribution < 1.29 is 4.79 Å². The molecule has 0 saturated heterocycles. The van der Waals surface area contributed by atoms with Crippen LogP contribution in [0.4, 0.5) is 0 Å². The van der Waals surface area contributed by atoms with Crippen molar-refractivity contribution in [3.05, 3.63) is 0 Å². The van der Waals surface area contributed by atoms with Crippen LogP contribution >= 0.6 is 11.8 Å². The molecule has 60 valence electrons. The van der Waals surface area contributed by atoms with E-state index in [4.69, 9.17) is 11.8 Å². The molecule has 0 heterocycles. The van der Waals surface area contributed by atoms with Crippen molar-refractivity contribution >= 4 is 17.7 Å². The number of halogens is 1. The summed E-state index contributed by atoms with van der Waals surface area (Å²) in [6.45, 7) is 3.26. The molecule has 0 atom stereocenters. The van der Waals surface area contributed by atoms with E-state index >= 15 is 0 Å². The second-order valence-corrected chi connectivity index (χ2v) is 2.21. The topological polar surface area (TPSA) is 41.1 Å². The molecule has 1 amide bonds. The van der Waals surface area contributed by atoms with Crippen molar-refractivity contribution in [2.24, 2.45) is 0 Å². The first-order valence-corrected chi connectivity index (χ1v) is 3.79. The lowest BCUT2D eigenvalue weighted by Crippen LogP contribution is -2.24. The van der Waals surface area contributed by atoms with Crippen molar-refractivity contribution in [2.45, 2.75) is 19.8 Å². The summed E-state index contributed by atoms with van der Waals surface area (Å²) >= 11 is 5.19. The number of rotatable bonds is 5. The quantitative estimate of drug-likeness (QED) is 0.463. The Hall–Kier alpha value is -0.280. The minimum atomic E-state index is 0.0922. The Morgan fingerprint density at radius 3 is 2.70 bits per heavy atom. The summed E-state index contributed by atoms with van der Waals surface area (Å²) in [6.07, 6.45) is 1.42. The molecule has 0 saturated carbocycles. The SMILES string of the molecule is CCC(=O)NCCCNCl. The van der Waals surface area contributed by atoms with Crippen LogP contribution in [-0.4, -0.2) is 19.0 Å². The van der Waals surface area contributed by atoms with Crippen molar-refractivity contribution in [1.82, 2.24) is 10.2 Å². The van der Waals surface area contributed by atoms with E-state index in [1.807, 2.05) is 6.92 Å². The molecule has 0 rings (SSSR count). The number of hydrogen-bond donors (Lipinski definition) is 2. The van der Waals surface area contributed by atoms with Gasteiger partial charge >= 0.3 is 0 Å². The van der Waals surface area contributed by atoms with Gasteiger partial charge in [0.15, 0.2) is 0 Å². The van der Waals surface area contributed by atoms with Crippen LogP contribution in [0.5, 0.6) is 0 Å². The first kappa shape index (κ1) is 9.72. The first-order chi connectivity index (χ1) is 4.81. The summed E-state index contributed by atoms with van der Waals surface area (Å²) in [5, 5.41) is 2.73. The molecular formula is C6H13ClN2O. The minimum Gasteiger partial charge on any atom is -0.356 e. The summed E-state index contributed by atoms with van der Waals surface area (Å²) in [6, 6.07) is 0. The Morgan fingerprint density at radius 2 is 2.20 bits per heavy atom. The van der Waals surface area contributed by atoms with Crippen LogP contribution in [0.15, 0.2) is 0 Å². The molecule has 0 spiro atoms. The summed E-state index contributed by atoms with van der Waals surface area (Å²) in [4.78, 5) is 13.1. The standard InChI is InChI=1S/C6H13ClN2O/c1-2-6(10)8-4-3-5-9-7/h9H,2-5H2,1H3,(H,8,10). The van der Waals surface area contributed by atoms with Crippen LogP contribution in [0, 0.1) is 0 Å². The Morgan fingerprint density at radius 1 is 1.50 bits per heavy atom. The second kappa shape index (κ2) is 6.83. The van der Waals surface area contributed by atoms with Crippen LogP contribution in [0.1, 0.15) is 19.8 Å². The molecule has 0 aliphatic heterocycles. The highest BCUT2D eigenvalue weighted by atomic mass is 35.5. The normalized spacial score (nSPS) is 9.40. The fourth-order valence-corrected chi connectivity index (χ4v) is 0.642. The van der Waals surface area contributed by atoms with Crippen molar-refractivity contribution in [3.8, 4) is 0 Å². The van der Waals surface area contributed by atoms with Gasteiger partial charge in [-0.05, 0) is 18.2 Å². The molecule has 10 heavy (non-hydrogen) atoms. The van der Waals surface area contributed by atoms with E-state index < -0.39 is 0 Å². The van der Waals surface area contributed by atoms with Gasteiger partial charge in [0.1, 0.15) is 0 Å². The molecule has 0 aromatic rings. The fraction of sp³-hybridized carbons (Fsp3) is 0.833. The van der Waals surface area contributed by atoms with Crippen LogP contribution in [0.25, 0.3) is 0 Å². The van der Waals surface area contributed by atoms with Gasteiger partial charge < -0.3 is 5.32 Å². The Bertz CT molecular complexity index is 97.7. The second-order valence-electron chi connectivity index (χ2n) is 1.94. The molecule has 4 heteroatoms. The summed E-state index contributed by atoms with van der Waals surface area (Å²) < 4.78 is 0. The maximum Gasteiger partial charge on any atom is 0.219 e. The predicted octanol–water partition coefficient (Wildman–Crippen LogP) is 0.646. The predicted molar refractivity (Wildman–Crippen MR) is 41.8 cm³/mol. The maximum atomic E-state index is 10.6. The third kappa shape index (κ3) is 5.85. The summed E-state index contributed by atoms with van der Waals surface area (Å²) in [5.74, 6) is 0.0922. The third-order valence-corrected chi connectivity index (χ3v) is 1.28.